The van der Waals surface area contributed by atoms with E-state index in [2.05, 4.69) is 10.4 Å². The third-order valence-electron chi connectivity index (χ3n) is 2.41. The van der Waals surface area contributed by atoms with Crippen molar-refractivity contribution in [1.29, 1.82) is 0 Å². The van der Waals surface area contributed by atoms with Crippen LogP contribution in [0, 0.1) is 0 Å². The highest BCUT2D eigenvalue weighted by Crippen LogP contribution is 1.99. The van der Waals surface area contributed by atoms with Gasteiger partial charge in [0, 0.05) is 31.8 Å². The van der Waals surface area contributed by atoms with Crippen LogP contribution in [-0.2, 0) is 20.9 Å². The number of carbonyl (C=O) groups is 3. The van der Waals surface area contributed by atoms with Gasteiger partial charge in [0.15, 0.2) is 0 Å². The highest BCUT2D eigenvalue weighted by molar-refractivity contribution is 5.83. The standard InChI is InChI=1S/C11H15N3O5/c15-9(4-7-14-6-1-5-12-14)13-8(11(18)19)2-3-10(16)17/h1,5-6,8H,2-4,7H2,(H,13,15)(H,16,17)(H,18,19). The van der Waals surface area contributed by atoms with E-state index in [0.717, 1.165) is 0 Å². The number of nitrogens with one attached hydrogen (secondary N) is 1. The molecule has 0 bridgehead atoms. The molecule has 8 nitrogen and oxygen atoms in total. The number of carboxylic acids is 2. The summed E-state index contributed by atoms with van der Waals surface area (Å²) in [5.74, 6) is -2.79. The van der Waals surface area contributed by atoms with Gasteiger partial charge in [0.1, 0.15) is 6.04 Å². The van der Waals surface area contributed by atoms with E-state index in [1.807, 2.05) is 0 Å². The Morgan fingerprint density at radius 1 is 1.26 bits per heavy atom. The van der Waals surface area contributed by atoms with Crippen molar-refractivity contribution in [2.45, 2.75) is 31.8 Å². The fraction of sp³-hybridized carbons (Fsp3) is 0.455. The summed E-state index contributed by atoms with van der Waals surface area (Å²) in [6, 6.07) is 0.534. The van der Waals surface area contributed by atoms with Gasteiger partial charge in [0.05, 0.1) is 0 Å². The Balaban J connectivity index is 2.38. The lowest BCUT2D eigenvalue weighted by Crippen LogP contribution is -2.41. The van der Waals surface area contributed by atoms with E-state index in [0.29, 0.717) is 6.54 Å². The summed E-state index contributed by atoms with van der Waals surface area (Å²) in [6.45, 7) is 0.337. The molecular formula is C11H15N3O5. The van der Waals surface area contributed by atoms with Crippen LogP contribution in [0.2, 0.25) is 0 Å². The summed E-state index contributed by atoms with van der Waals surface area (Å²) < 4.78 is 1.55. The third-order valence-corrected chi connectivity index (χ3v) is 2.41. The molecule has 104 valence electrons. The van der Waals surface area contributed by atoms with Gasteiger partial charge in [-0.1, -0.05) is 0 Å². The zero-order valence-electron chi connectivity index (χ0n) is 10.2. The van der Waals surface area contributed by atoms with E-state index in [-0.39, 0.29) is 19.3 Å². The maximum absolute atomic E-state index is 11.5. The van der Waals surface area contributed by atoms with Crippen molar-refractivity contribution in [2.24, 2.45) is 0 Å². The van der Waals surface area contributed by atoms with Crippen LogP contribution in [0.3, 0.4) is 0 Å². The quantitative estimate of drug-likeness (QED) is 0.596. The monoisotopic (exact) mass is 269 g/mol. The first-order valence-electron chi connectivity index (χ1n) is 5.70. The van der Waals surface area contributed by atoms with Gasteiger partial charge in [0.2, 0.25) is 5.91 Å². The smallest absolute Gasteiger partial charge is 0.326 e. The molecule has 0 aromatic carbocycles. The van der Waals surface area contributed by atoms with Gasteiger partial charge in [-0.15, -0.1) is 0 Å². The molecule has 1 aromatic rings. The molecule has 1 unspecified atom stereocenters. The number of rotatable bonds is 8. The van der Waals surface area contributed by atoms with Crippen molar-refractivity contribution in [3.05, 3.63) is 18.5 Å². The number of hydrogen-bond acceptors (Lipinski definition) is 4. The predicted octanol–water partition coefficient (Wildman–Crippen LogP) is -0.293. The van der Waals surface area contributed by atoms with Gasteiger partial charge in [0.25, 0.3) is 0 Å². The van der Waals surface area contributed by atoms with Gasteiger partial charge in [-0.05, 0) is 12.5 Å². The van der Waals surface area contributed by atoms with Gasteiger partial charge in [-0.3, -0.25) is 14.3 Å². The fourth-order valence-electron chi connectivity index (χ4n) is 1.44. The topological polar surface area (TPSA) is 122 Å². The molecule has 0 aliphatic carbocycles. The largest absolute Gasteiger partial charge is 0.481 e. The molecule has 1 aromatic heterocycles. The minimum absolute atomic E-state index is 0.0819. The number of hydrogen-bond donors (Lipinski definition) is 3. The summed E-state index contributed by atoms with van der Waals surface area (Å²) in [4.78, 5) is 32.8. The number of amides is 1. The molecule has 1 atom stereocenters. The van der Waals surface area contributed by atoms with E-state index in [1.165, 1.54) is 0 Å². The molecule has 0 fully saturated rings. The van der Waals surface area contributed by atoms with Crippen LogP contribution in [0.4, 0.5) is 0 Å². The van der Waals surface area contributed by atoms with Crippen LogP contribution in [0.25, 0.3) is 0 Å². The first-order chi connectivity index (χ1) is 8.99. The van der Waals surface area contributed by atoms with Gasteiger partial charge < -0.3 is 15.5 Å². The lowest BCUT2D eigenvalue weighted by atomic mass is 10.1. The average molecular weight is 269 g/mol. The zero-order valence-corrected chi connectivity index (χ0v) is 10.2. The first kappa shape index (κ1) is 14.7. The number of aryl methyl sites for hydroxylation is 1. The van der Waals surface area contributed by atoms with Crippen molar-refractivity contribution < 1.29 is 24.6 Å². The molecule has 8 heteroatoms. The van der Waals surface area contributed by atoms with E-state index >= 15 is 0 Å². The van der Waals surface area contributed by atoms with Gasteiger partial charge >= 0.3 is 11.9 Å². The normalized spacial score (nSPS) is 11.8. The first-order valence-corrected chi connectivity index (χ1v) is 5.70. The fourth-order valence-corrected chi connectivity index (χ4v) is 1.44. The Labute approximate surface area is 109 Å². The Morgan fingerprint density at radius 3 is 2.53 bits per heavy atom. The average Bonchev–Trinajstić information content (AvgIpc) is 2.84. The van der Waals surface area contributed by atoms with Crippen molar-refractivity contribution in [2.75, 3.05) is 0 Å². The molecule has 0 aliphatic rings. The summed E-state index contributed by atoms with van der Waals surface area (Å²) in [7, 11) is 0. The van der Waals surface area contributed by atoms with Gasteiger partial charge in [-0.25, -0.2) is 4.79 Å². The molecular weight excluding hydrogens is 254 g/mol. The summed E-state index contributed by atoms with van der Waals surface area (Å²) >= 11 is 0. The third kappa shape index (κ3) is 5.66. The zero-order chi connectivity index (χ0) is 14.3. The highest BCUT2D eigenvalue weighted by atomic mass is 16.4. The molecule has 3 N–H and O–H groups in total. The van der Waals surface area contributed by atoms with Crippen LogP contribution >= 0.6 is 0 Å². The second-order valence-electron chi connectivity index (χ2n) is 3.91. The van der Waals surface area contributed by atoms with Crippen molar-refractivity contribution in [3.8, 4) is 0 Å². The molecule has 0 saturated carbocycles. The SMILES string of the molecule is O=C(O)CCC(NC(=O)CCn1cccn1)C(=O)O. The van der Waals surface area contributed by atoms with E-state index in [1.54, 1.807) is 23.1 Å². The minimum Gasteiger partial charge on any atom is -0.481 e. The molecule has 0 aliphatic heterocycles. The number of carbonyl (C=O) groups excluding carboxylic acids is 1. The maximum atomic E-state index is 11.5. The lowest BCUT2D eigenvalue weighted by molar-refractivity contribution is -0.143. The maximum Gasteiger partial charge on any atom is 0.326 e. The summed E-state index contributed by atoms with van der Waals surface area (Å²) in [5.41, 5.74) is 0. The van der Waals surface area contributed by atoms with Crippen molar-refractivity contribution in [1.82, 2.24) is 15.1 Å². The molecule has 0 saturated heterocycles. The Bertz CT molecular complexity index is 443. The van der Waals surface area contributed by atoms with Crippen molar-refractivity contribution in [3.63, 3.8) is 0 Å². The Hall–Kier alpha value is -2.38. The van der Waals surface area contributed by atoms with Crippen LogP contribution in [0.5, 0.6) is 0 Å². The summed E-state index contributed by atoms with van der Waals surface area (Å²) in [5, 5.41) is 23.5. The predicted molar refractivity (Wildman–Crippen MR) is 63.3 cm³/mol. The minimum atomic E-state index is -1.24. The van der Waals surface area contributed by atoms with Crippen LogP contribution < -0.4 is 5.32 Å². The number of nitrogens with zero attached hydrogens (tertiary/aromatic N) is 2. The molecule has 1 rings (SSSR count). The Morgan fingerprint density at radius 2 is 2.00 bits per heavy atom. The summed E-state index contributed by atoms with van der Waals surface area (Å²) in [6.07, 6.45) is 2.89. The Kier molecular flexibility index (Phi) is 5.52. The number of aromatic nitrogens is 2. The number of aliphatic carboxylic acids is 2. The molecule has 0 radical (unpaired) electrons. The number of carboxylic acid groups (broad SMARTS) is 2. The lowest BCUT2D eigenvalue weighted by Gasteiger charge is -2.13. The molecule has 19 heavy (non-hydrogen) atoms. The van der Waals surface area contributed by atoms with E-state index < -0.39 is 23.9 Å². The molecule has 1 amide bonds. The highest BCUT2D eigenvalue weighted by Gasteiger charge is 2.20. The van der Waals surface area contributed by atoms with Crippen LogP contribution in [-0.4, -0.2) is 43.9 Å². The van der Waals surface area contributed by atoms with Crippen molar-refractivity contribution >= 4 is 17.8 Å². The van der Waals surface area contributed by atoms with E-state index in [9.17, 15) is 14.4 Å². The molecule has 0 spiro atoms. The van der Waals surface area contributed by atoms with Crippen LogP contribution in [0.1, 0.15) is 19.3 Å². The second kappa shape index (κ2) is 7.14. The van der Waals surface area contributed by atoms with Gasteiger partial charge in [-0.2, -0.15) is 5.10 Å². The second-order valence-corrected chi connectivity index (χ2v) is 3.91. The van der Waals surface area contributed by atoms with Crippen LogP contribution in [0.15, 0.2) is 18.5 Å². The molecule has 1 heterocycles. The van der Waals surface area contributed by atoms with E-state index in [4.69, 9.17) is 10.2 Å².